The number of carbonyl (C=O) groups is 1. The van der Waals surface area contributed by atoms with E-state index >= 15 is 0 Å². The molecule has 0 atom stereocenters. The summed E-state index contributed by atoms with van der Waals surface area (Å²) >= 11 is 2.02. The molecule has 3 heterocycles. The summed E-state index contributed by atoms with van der Waals surface area (Å²) in [4.78, 5) is 21.1. The first-order valence-electron chi connectivity index (χ1n) is 10.9. The van der Waals surface area contributed by atoms with Crippen molar-refractivity contribution in [2.24, 2.45) is 7.05 Å². The summed E-state index contributed by atoms with van der Waals surface area (Å²) in [5.41, 5.74) is -0.110. The number of rotatable bonds is 7. The minimum absolute atomic E-state index is 0.0929. The van der Waals surface area contributed by atoms with Crippen LogP contribution in [0.25, 0.3) is 11.1 Å². The highest BCUT2D eigenvalue weighted by Gasteiger charge is 2.66. The third kappa shape index (κ3) is 5.14. The van der Waals surface area contributed by atoms with Gasteiger partial charge < -0.3 is 15.2 Å². The normalized spacial score (nSPS) is 14.4. The lowest BCUT2D eigenvalue weighted by molar-refractivity contribution is -0.165. The van der Waals surface area contributed by atoms with E-state index in [1.807, 2.05) is 22.6 Å². The molecule has 4 aromatic rings. The molecule has 0 aliphatic heterocycles. The molecule has 1 aromatic carbocycles. The highest BCUT2D eigenvalue weighted by atomic mass is 127. The highest BCUT2D eigenvalue weighted by Crippen LogP contribution is 2.59. The topological polar surface area (TPSA) is 111 Å². The zero-order valence-electron chi connectivity index (χ0n) is 19.1. The van der Waals surface area contributed by atoms with Gasteiger partial charge in [-0.15, -0.1) is 0 Å². The molecule has 14 heteroatoms. The third-order valence-corrected chi connectivity index (χ3v) is 6.78. The Balaban J connectivity index is 1.24. The van der Waals surface area contributed by atoms with Gasteiger partial charge in [0.1, 0.15) is 14.9 Å². The fourth-order valence-electron chi connectivity index (χ4n) is 3.80. The van der Waals surface area contributed by atoms with Crippen molar-refractivity contribution in [2.75, 3.05) is 10.6 Å². The van der Waals surface area contributed by atoms with Gasteiger partial charge in [0.25, 0.3) is 0 Å². The molecule has 0 spiro atoms. The van der Waals surface area contributed by atoms with Crippen LogP contribution in [0.3, 0.4) is 0 Å². The number of amides is 1. The smallest absolute Gasteiger partial charge is 0.358 e. The van der Waals surface area contributed by atoms with Gasteiger partial charge in [-0.3, -0.25) is 9.48 Å². The Morgan fingerprint density at radius 2 is 2.03 bits per heavy atom. The van der Waals surface area contributed by atoms with E-state index in [9.17, 15) is 22.4 Å². The van der Waals surface area contributed by atoms with Crippen LogP contribution < -0.4 is 10.6 Å². The van der Waals surface area contributed by atoms with E-state index in [1.165, 1.54) is 12.1 Å². The van der Waals surface area contributed by atoms with Gasteiger partial charge in [0, 0.05) is 31.1 Å². The summed E-state index contributed by atoms with van der Waals surface area (Å²) in [6.07, 6.45) is -0.0405. The standard InChI is InChI=1S/C23H18F4IN7O2/c1-35-11-14(9-30-35)31-21-29-10-15(20(28)33-21)12-2-3-13(16(24)6-12)7-19(36)32-18-8-17(37-34-18)22(4-5-22)23(25,26)27/h2-3,6,8-11H,4-5,7H2,1H3,(H,29,31,33)(H,32,34,36). The number of aryl methyl sites for hydroxylation is 1. The molecule has 1 saturated carbocycles. The quantitative estimate of drug-likeness (QED) is 0.166. The van der Waals surface area contributed by atoms with E-state index < -0.39 is 23.3 Å². The molecule has 1 aliphatic rings. The first-order chi connectivity index (χ1) is 17.5. The van der Waals surface area contributed by atoms with Crippen LogP contribution in [-0.4, -0.2) is 37.0 Å². The van der Waals surface area contributed by atoms with Crippen LogP contribution in [0.1, 0.15) is 24.2 Å². The Morgan fingerprint density at radius 3 is 2.65 bits per heavy atom. The molecule has 5 rings (SSSR count). The van der Waals surface area contributed by atoms with E-state index in [2.05, 4.69) is 30.9 Å². The van der Waals surface area contributed by atoms with Gasteiger partial charge in [-0.25, -0.2) is 14.4 Å². The van der Waals surface area contributed by atoms with Crippen molar-refractivity contribution in [3.63, 3.8) is 0 Å². The first-order valence-corrected chi connectivity index (χ1v) is 12.0. The number of benzene rings is 1. The monoisotopic (exact) mass is 627 g/mol. The van der Waals surface area contributed by atoms with Crippen LogP contribution >= 0.6 is 22.6 Å². The summed E-state index contributed by atoms with van der Waals surface area (Å²) in [6.45, 7) is 0. The molecule has 0 saturated heterocycles. The van der Waals surface area contributed by atoms with Crippen LogP contribution in [0.5, 0.6) is 0 Å². The Kier molecular flexibility index (Phi) is 6.37. The number of halogens is 5. The SMILES string of the molecule is Cn1cc(Nc2ncc(-c3ccc(CC(=O)Nc4cc(C5(C(F)(F)F)CC5)on4)c(F)c3)c(I)n2)cn1. The van der Waals surface area contributed by atoms with Crippen molar-refractivity contribution in [3.8, 4) is 11.1 Å². The number of nitrogens with one attached hydrogen (secondary N) is 2. The summed E-state index contributed by atoms with van der Waals surface area (Å²) in [7, 11) is 1.78. The molecule has 3 aromatic heterocycles. The van der Waals surface area contributed by atoms with Crippen LogP contribution in [0.2, 0.25) is 0 Å². The van der Waals surface area contributed by atoms with Crippen molar-refractivity contribution < 1.29 is 26.9 Å². The second-order valence-electron chi connectivity index (χ2n) is 8.61. The number of alkyl halides is 3. The number of hydrogen-bond acceptors (Lipinski definition) is 7. The van der Waals surface area contributed by atoms with Crippen molar-refractivity contribution in [1.29, 1.82) is 0 Å². The third-order valence-electron chi connectivity index (χ3n) is 5.96. The average Bonchev–Trinajstić information content (AvgIpc) is 3.37. The fourth-order valence-corrected chi connectivity index (χ4v) is 4.48. The molecule has 9 nitrogen and oxygen atoms in total. The minimum Gasteiger partial charge on any atom is -0.358 e. The number of aromatic nitrogens is 5. The zero-order valence-corrected chi connectivity index (χ0v) is 21.3. The predicted octanol–water partition coefficient (Wildman–Crippen LogP) is 5.13. The van der Waals surface area contributed by atoms with Crippen molar-refractivity contribution in [1.82, 2.24) is 24.9 Å². The van der Waals surface area contributed by atoms with Crippen molar-refractivity contribution in [2.45, 2.75) is 30.9 Å². The van der Waals surface area contributed by atoms with Gasteiger partial charge in [0.15, 0.2) is 11.6 Å². The molecular formula is C23H18F4IN7O2. The van der Waals surface area contributed by atoms with E-state index in [0.717, 1.165) is 6.07 Å². The Bertz CT molecular complexity index is 1480. The largest absolute Gasteiger partial charge is 0.401 e. The number of nitrogens with zero attached hydrogens (tertiary/aromatic N) is 5. The number of hydrogen-bond donors (Lipinski definition) is 2. The lowest BCUT2D eigenvalue weighted by Crippen LogP contribution is -2.28. The molecule has 2 N–H and O–H groups in total. The zero-order chi connectivity index (χ0) is 26.4. The predicted molar refractivity (Wildman–Crippen MR) is 132 cm³/mol. The summed E-state index contributed by atoms with van der Waals surface area (Å²) < 4.78 is 61.6. The lowest BCUT2D eigenvalue weighted by atomic mass is 10.0. The number of carbonyl (C=O) groups excluding carboxylic acids is 1. The van der Waals surface area contributed by atoms with E-state index in [4.69, 9.17) is 4.52 Å². The van der Waals surface area contributed by atoms with E-state index in [1.54, 1.807) is 36.4 Å². The Hall–Kier alpha value is -3.56. The molecule has 37 heavy (non-hydrogen) atoms. The molecule has 0 radical (unpaired) electrons. The first kappa shape index (κ1) is 25.1. The molecule has 1 amide bonds. The maximum atomic E-state index is 14.8. The van der Waals surface area contributed by atoms with E-state index in [0.29, 0.717) is 26.5 Å². The van der Waals surface area contributed by atoms with Gasteiger partial charge in [-0.2, -0.15) is 18.3 Å². The average molecular weight is 627 g/mol. The maximum Gasteiger partial charge on any atom is 0.401 e. The molecule has 192 valence electrons. The second kappa shape index (κ2) is 9.39. The molecule has 0 unspecified atom stereocenters. The van der Waals surface area contributed by atoms with Gasteiger partial charge in [0.05, 0.1) is 18.3 Å². The van der Waals surface area contributed by atoms with E-state index in [-0.39, 0.29) is 36.4 Å². The van der Waals surface area contributed by atoms with Crippen LogP contribution in [0.15, 0.2) is 47.4 Å². The highest BCUT2D eigenvalue weighted by molar-refractivity contribution is 14.1. The summed E-state index contributed by atoms with van der Waals surface area (Å²) in [5.74, 6) is -1.42. The van der Waals surface area contributed by atoms with Gasteiger partial charge in [-0.05, 0) is 52.6 Å². The van der Waals surface area contributed by atoms with Crippen LogP contribution in [0.4, 0.5) is 35.0 Å². The van der Waals surface area contributed by atoms with Gasteiger partial charge in [0.2, 0.25) is 11.9 Å². The Morgan fingerprint density at radius 1 is 1.24 bits per heavy atom. The van der Waals surface area contributed by atoms with Crippen LogP contribution in [-0.2, 0) is 23.7 Å². The second-order valence-corrected chi connectivity index (χ2v) is 9.63. The van der Waals surface area contributed by atoms with Crippen molar-refractivity contribution >= 4 is 46.0 Å². The molecular weight excluding hydrogens is 609 g/mol. The fraction of sp³-hybridized carbons (Fsp3) is 0.261. The van der Waals surface area contributed by atoms with Gasteiger partial charge in [-0.1, -0.05) is 17.3 Å². The van der Waals surface area contributed by atoms with Crippen molar-refractivity contribution in [3.05, 3.63) is 63.7 Å². The Labute approximate surface area is 220 Å². The van der Waals surface area contributed by atoms with Gasteiger partial charge >= 0.3 is 6.18 Å². The summed E-state index contributed by atoms with van der Waals surface area (Å²) in [5, 5.41) is 13.0. The summed E-state index contributed by atoms with van der Waals surface area (Å²) in [6, 6.07) is 5.42. The molecule has 1 fully saturated rings. The minimum atomic E-state index is -4.46. The lowest BCUT2D eigenvalue weighted by Gasteiger charge is -2.14. The molecule has 0 bridgehead atoms. The van der Waals surface area contributed by atoms with Crippen LogP contribution in [0, 0.1) is 9.52 Å². The maximum absolute atomic E-state index is 14.8. The number of anilines is 3. The molecule has 1 aliphatic carbocycles.